The van der Waals surface area contributed by atoms with Crippen LogP contribution in [0.25, 0.3) is 0 Å². The highest BCUT2D eigenvalue weighted by atomic mass is 32.2. The third-order valence-corrected chi connectivity index (χ3v) is 5.04. The SMILES string of the molecule is Cc1cn(CC2CSCCS2)c(N)n1. The number of aromatic nitrogens is 2. The zero-order valence-electron chi connectivity index (χ0n) is 8.27. The van der Waals surface area contributed by atoms with Gasteiger partial charge < -0.3 is 10.3 Å². The Hall–Kier alpha value is -0.290. The first-order valence-corrected chi connectivity index (χ1v) is 6.94. The lowest BCUT2D eigenvalue weighted by molar-refractivity contribution is 0.704. The average Bonchev–Trinajstić information content (AvgIpc) is 2.47. The van der Waals surface area contributed by atoms with Crippen molar-refractivity contribution in [1.29, 1.82) is 0 Å². The third kappa shape index (κ3) is 2.39. The van der Waals surface area contributed by atoms with Crippen LogP contribution in [-0.2, 0) is 6.54 Å². The van der Waals surface area contributed by atoms with Gasteiger partial charge in [-0.3, -0.25) is 0 Å². The summed E-state index contributed by atoms with van der Waals surface area (Å²) in [5.41, 5.74) is 6.80. The van der Waals surface area contributed by atoms with Gasteiger partial charge in [0.15, 0.2) is 5.95 Å². The van der Waals surface area contributed by atoms with Gasteiger partial charge in [0.1, 0.15) is 0 Å². The molecule has 0 bridgehead atoms. The van der Waals surface area contributed by atoms with E-state index in [0.29, 0.717) is 11.2 Å². The minimum absolute atomic E-state index is 0.652. The highest BCUT2D eigenvalue weighted by Gasteiger charge is 2.15. The molecule has 2 heterocycles. The molecule has 0 aliphatic carbocycles. The molecule has 1 aromatic heterocycles. The molecule has 5 heteroatoms. The van der Waals surface area contributed by atoms with E-state index >= 15 is 0 Å². The molecule has 2 N–H and O–H groups in total. The molecule has 1 aromatic rings. The Balaban J connectivity index is 1.98. The fraction of sp³-hybridized carbons (Fsp3) is 0.667. The molecule has 2 rings (SSSR count). The molecular weight excluding hydrogens is 214 g/mol. The van der Waals surface area contributed by atoms with Crippen molar-refractivity contribution in [3.8, 4) is 0 Å². The standard InChI is InChI=1S/C9H15N3S2/c1-7-4-12(9(10)11-7)5-8-6-13-2-3-14-8/h4,8H,2-3,5-6H2,1H3,(H2,10,11). The predicted molar refractivity (Wildman–Crippen MR) is 64.9 cm³/mol. The van der Waals surface area contributed by atoms with Crippen molar-refractivity contribution in [2.24, 2.45) is 0 Å². The Morgan fingerprint density at radius 1 is 1.64 bits per heavy atom. The van der Waals surface area contributed by atoms with E-state index in [9.17, 15) is 0 Å². The number of hydrogen-bond acceptors (Lipinski definition) is 4. The summed E-state index contributed by atoms with van der Waals surface area (Å²) in [5.74, 6) is 4.45. The summed E-state index contributed by atoms with van der Waals surface area (Å²) in [6.45, 7) is 2.99. The Labute approximate surface area is 92.8 Å². The average molecular weight is 229 g/mol. The van der Waals surface area contributed by atoms with Crippen LogP contribution in [0, 0.1) is 6.92 Å². The van der Waals surface area contributed by atoms with Gasteiger partial charge in [-0.05, 0) is 6.92 Å². The number of nitrogens with two attached hydrogens (primary N) is 1. The van der Waals surface area contributed by atoms with Crippen LogP contribution in [0.4, 0.5) is 5.95 Å². The second kappa shape index (κ2) is 4.49. The van der Waals surface area contributed by atoms with Crippen molar-refractivity contribution in [2.45, 2.75) is 18.7 Å². The second-order valence-corrected chi connectivity index (χ2v) is 6.02. The molecule has 0 saturated carbocycles. The van der Waals surface area contributed by atoms with E-state index in [2.05, 4.69) is 21.3 Å². The summed E-state index contributed by atoms with van der Waals surface area (Å²) in [7, 11) is 0. The van der Waals surface area contributed by atoms with Gasteiger partial charge in [-0.25, -0.2) is 4.98 Å². The summed E-state index contributed by atoms with van der Waals surface area (Å²) in [4.78, 5) is 4.20. The van der Waals surface area contributed by atoms with Crippen molar-refractivity contribution in [3.05, 3.63) is 11.9 Å². The smallest absolute Gasteiger partial charge is 0.200 e. The summed E-state index contributed by atoms with van der Waals surface area (Å²) in [5, 5.41) is 0.699. The molecule has 1 unspecified atom stereocenters. The lowest BCUT2D eigenvalue weighted by atomic mass is 10.4. The van der Waals surface area contributed by atoms with Gasteiger partial charge >= 0.3 is 0 Å². The van der Waals surface area contributed by atoms with Crippen LogP contribution in [-0.4, -0.2) is 32.1 Å². The van der Waals surface area contributed by atoms with E-state index in [1.54, 1.807) is 0 Å². The number of hydrogen-bond donors (Lipinski definition) is 1. The Bertz CT molecular complexity index is 305. The molecule has 0 radical (unpaired) electrons. The maximum atomic E-state index is 5.79. The van der Waals surface area contributed by atoms with Crippen molar-refractivity contribution in [3.63, 3.8) is 0 Å². The number of aryl methyl sites for hydroxylation is 1. The summed E-state index contributed by atoms with van der Waals surface area (Å²) >= 11 is 4.09. The van der Waals surface area contributed by atoms with Gasteiger partial charge in [-0.1, -0.05) is 0 Å². The first-order valence-electron chi connectivity index (χ1n) is 4.74. The molecule has 0 aromatic carbocycles. The van der Waals surface area contributed by atoms with Gasteiger partial charge in [0.2, 0.25) is 0 Å². The first kappa shape index (κ1) is 10.2. The Kier molecular flexibility index (Phi) is 3.28. The Morgan fingerprint density at radius 3 is 3.07 bits per heavy atom. The van der Waals surface area contributed by atoms with Crippen molar-refractivity contribution in [2.75, 3.05) is 23.0 Å². The van der Waals surface area contributed by atoms with E-state index in [0.717, 1.165) is 12.2 Å². The van der Waals surface area contributed by atoms with Crippen LogP contribution in [0.3, 0.4) is 0 Å². The van der Waals surface area contributed by atoms with Crippen molar-refractivity contribution >= 4 is 29.5 Å². The third-order valence-electron chi connectivity index (χ3n) is 2.21. The molecule has 14 heavy (non-hydrogen) atoms. The second-order valence-electron chi connectivity index (χ2n) is 3.46. The van der Waals surface area contributed by atoms with Crippen LogP contribution >= 0.6 is 23.5 Å². The van der Waals surface area contributed by atoms with Crippen LogP contribution in [0.1, 0.15) is 5.69 Å². The molecule has 1 aliphatic rings. The highest BCUT2D eigenvalue weighted by molar-refractivity contribution is 8.06. The van der Waals surface area contributed by atoms with Gasteiger partial charge in [0, 0.05) is 35.3 Å². The highest BCUT2D eigenvalue weighted by Crippen LogP contribution is 2.25. The van der Waals surface area contributed by atoms with Gasteiger partial charge in [-0.15, -0.1) is 0 Å². The molecule has 1 aliphatic heterocycles. The topological polar surface area (TPSA) is 43.8 Å². The number of anilines is 1. The van der Waals surface area contributed by atoms with Crippen LogP contribution < -0.4 is 5.73 Å². The summed E-state index contributed by atoms with van der Waals surface area (Å²) < 4.78 is 2.07. The zero-order chi connectivity index (χ0) is 9.97. The molecular formula is C9H15N3S2. The summed E-state index contributed by atoms with van der Waals surface area (Å²) in [6, 6.07) is 0. The van der Waals surface area contributed by atoms with Gasteiger partial charge in [-0.2, -0.15) is 23.5 Å². The van der Waals surface area contributed by atoms with Crippen molar-refractivity contribution in [1.82, 2.24) is 9.55 Å². The van der Waals surface area contributed by atoms with Gasteiger partial charge in [0.05, 0.1) is 5.69 Å². The molecule has 0 spiro atoms. The number of imidazole rings is 1. The number of nitrogen functional groups attached to an aromatic ring is 1. The van der Waals surface area contributed by atoms with Crippen molar-refractivity contribution < 1.29 is 0 Å². The minimum Gasteiger partial charge on any atom is -0.369 e. The largest absolute Gasteiger partial charge is 0.369 e. The molecule has 1 saturated heterocycles. The van der Waals surface area contributed by atoms with Crippen LogP contribution in [0.2, 0.25) is 0 Å². The normalized spacial score (nSPS) is 22.5. The van der Waals surface area contributed by atoms with E-state index < -0.39 is 0 Å². The lowest BCUT2D eigenvalue weighted by Gasteiger charge is -2.21. The summed E-state index contributed by atoms with van der Waals surface area (Å²) in [6.07, 6.45) is 2.04. The number of rotatable bonds is 2. The lowest BCUT2D eigenvalue weighted by Crippen LogP contribution is -2.20. The Morgan fingerprint density at radius 2 is 2.50 bits per heavy atom. The molecule has 78 valence electrons. The first-order chi connectivity index (χ1) is 6.75. The maximum Gasteiger partial charge on any atom is 0.200 e. The number of nitrogens with zero attached hydrogens (tertiary/aromatic N) is 2. The molecule has 1 atom stereocenters. The van der Waals surface area contributed by atoms with Gasteiger partial charge in [0.25, 0.3) is 0 Å². The van der Waals surface area contributed by atoms with E-state index in [4.69, 9.17) is 5.73 Å². The molecule has 3 nitrogen and oxygen atoms in total. The zero-order valence-corrected chi connectivity index (χ0v) is 9.90. The monoisotopic (exact) mass is 229 g/mol. The van der Waals surface area contributed by atoms with E-state index in [1.165, 1.54) is 17.3 Å². The van der Waals surface area contributed by atoms with E-state index in [-0.39, 0.29) is 0 Å². The van der Waals surface area contributed by atoms with E-state index in [1.807, 2.05) is 24.9 Å². The minimum atomic E-state index is 0.652. The molecule has 1 fully saturated rings. The molecule has 0 amide bonds. The number of thioether (sulfide) groups is 2. The van der Waals surface area contributed by atoms with Crippen LogP contribution in [0.15, 0.2) is 6.20 Å². The quantitative estimate of drug-likeness (QED) is 0.837. The van der Waals surface area contributed by atoms with Crippen LogP contribution in [0.5, 0.6) is 0 Å². The predicted octanol–water partition coefficient (Wildman–Crippen LogP) is 1.62. The maximum absolute atomic E-state index is 5.79. The fourth-order valence-electron chi connectivity index (χ4n) is 1.57. The fourth-order valence-corrected chi connectivity index (χ4v) is 4.24.